The number of piperidine rings is 1. The van der Waals surface area contributed by atoms with Gasteiger partial charge in [0.25, 0.3) is 0 Å². The van der Waals surface area contributed by atoms with Crippen molar-refractivity contribution < 1.29 is 0 Å². The van der Waals surface area contributed by atoms with Gasteiger partial charge in [-0.2, -0.15) is 11.8 Å². The molecule has 2 heterocycles. The Morgan fingerprint density at radius 3 is 2.81 bits per heavy atom. The Bertz CT molecular complexity index is 246. The van der Waals surface area contributed by atoms with Crippen LogP contribution in [0.4, 0.5) is 0 Å². The molecule has 0 radical (unpaired) electrons. The SMILES string of the molecule is CSC1CCC(NC2CCN3CCC2C3)C1. The minimum absolute atomic E-state index is 0.828. The first-order chi connectivity index (χ1) is 7.85. The van der Waals surface area contributed by atoms with E-state index < -0.39 is 0 Å². The van der Waals surface area contributed by atoms with E-state index in [0.717, 1.165) is 23.3 Å². The molecule has 2 aliphatic heterocycles. The van der Waals surface area contributed by atoms with Crippen LogP contribution >= 0.6 is 11.8 Å². The maximum absolute atomic E-state index is 3.97. The van der Waals surface area contributed by atoms with E-state index in [1.54, 1.807) is 0 Å². The van der Waals surface area contributed by atoms with Crippen molar-refractivity contribution in [1.29, 1.82) is 0 Å². The number of hydrogen-bond acceptors (Lipinski definition) is 3. The second kappa shape index (κ2) is 4.87. The molecule has 3 heteroatoms. The molecule has 2 saturated heterocycles. The summed E-state index contributed by atoms with van der Waals surface area (Å²) in [5, 5.41) is 4.90. The quantitative estimate of drug-likeness (QED) is 0.812. The predicted molar refractivity (Wildman–Crippen MR) is 71.0 cm³/mol. The Morgan fingerprint density at radius 2 is 2.00 bits per heavy atom. The zero-order chi connectivity index (χ0) is 11.0. The molecule has 1 aliphatic carbocycles. The molecule has 16 heavy (non-hydrogen) atoms. The van der Waals surface area contributed by atoms with E-state index in [0.29, 0.717) is 0 Å². The monoisotopic (exact) mass is 240 g/mol. The van der Waals surface area contributed by atoms with E-state index >= 15 is 0 Å². The van der Waals surface area contributed by atoms with Crippen LogP contribution in [0.5, 0.6) is 0 Å². The number of nitrogens with one attached hydrogen (secondary N) is 1. The van der Waals surface area contributed by atoms with Crippen molar-refractivity contribution in [2.75, 3.05) is 25.9 Å². The van der Waals surface area contributed by atoms with Gasteiger partial charge in [-0.15, -0.1) is 0 Å². The molecule has 5 atom stereocenters. The van der Waals surface area contributed by atoms with Crippen LogP contribution in [0.15, 0.2) is 0 Å². The third kappa shape index (κ3) is 2.27. The lowest BCUT2D eigenvalue weighted by Gasteiger charge is -2.33. The molecule has 1 N–H and O–H groups in total. The van der Waals surface area contributed by atoms with Crippen LogP contribution in [-0.2, 0) is 0 Å². The highest BCUT2D eigenvalue weighted by atomic mass is 32.2. The molecule has 5 unspecified atom stereocenters. The lowest BCUT2D eigenvalue weighted by Crippen LogP contribution is -2.47. The first kappa shape index (κ1) is 11.4. The predicted octanol–water partition coefficient (Wildman–Crippen LogP) is 1.95. The Hall–Kier alpha value is 0.270. The van der Waals surface area contributed by atoms with Crippen LogP contribution in [0.25, 0.3) is 0 Å². The van der Waals surface area contributed by atoms with Gasteiger partial charge in [0.15, 0.2) is 0 Å². The van der Waals surface area contributed by atoms with Gasteiger partial charge in [0.05, 0.1) is 0 Å². The third-order valence-corrected chi connectivity index (χ3v) is 5.90. The lowest BCUT2D eigenvalue weighted by atomic mass is 9.93. The van der Waals surface area contributed by atoms with E-state index in [1.165, 1.54) is 51.7 Å². The molecule has 0 spiro atoms. The lowest BCUT2D eigenvalue weighted by molar-refractivity contribution is 0.210. The number of rotatable bonds is 3. The highest BCUT2D eigenvalue weighted by molar-refractivity contribution is 7.99. The van der Waals surface area contributed by atoms with E-state index in [1.807, 2.05) is 0 Å². The second-order valence-corrected chi connectivity index (χ2v) is 6.92. The smallest absolute Gasteiger partial charge is 0.0123 e. The van der Waals surface area contributed by atoms with Crippen molar-refractivity contribution in [3.05, 3.63) is 0 Å². The zero-order valence-corrected chi connectivity index (χ0v) is 11.1. The molecule has 3 rings (SSSR count). The molecule has 0 amide bonds. The summed E-state index contributed by atoms with van der Waals surface area (Å²) in [4.78, 5) is 2.64. The summed E-state index contributed by atoms with van der Waals surface area (Å²) in [6.07, 6.45) is 9.36. The van der Waals surface area contributed by atoms with Crippen molar-refractivity contribution in [3.8, 4) is 0 Å². The van der Waals surface area contributed by atoms with Gasteiger partial charge in [-0.3, -0.25) is 0 Å². The van der Waals surface area contributed by atoms with Crippen LogP contribution < -0.4 is 5.32 Å². The van der Waals surface area contributed by atoms with Crippen molar-refractivity contribution in [1.82, 2.24) is 10.2 Å². The molecule has 2 bridgehead atoms. The maximum Gasteiger partial charge on any atom is 0.0123 e. The van der Waals surface area contributed by atoms with Crippen molar-refractivity contribution in [2.24, 2.45) is 5.92 Å². The Balaban J connectivity index is 1.51. The molecular weight excluding hydrogens is 216 g/mol. The molecule has 0 aromatic rings. The van der Waals surface area contributed by atoms with Gasteiger partial charge < -0.3 is 10.2 Å². The minimum atomic E-state index is 0.828. The Morgan fingerprint density at radius 1 is 1.12 bits per heavy atom. The summed E-state index contributed by atoms with van der Waals surface area (Å²) in [6.45, 7) is 4.07. The first-order valence-electron chi connectivity index (χ1n) is 6.86. The van der Waals surface area contributed by atoms with Gasteiger partial charge in [-0.05, 0) is 57.4 Å². The molecule has 0 aromatic carbocycles. The third-order valence-electron chi connectivity index (χ3n) is 4.80. The summed E-state index contributed by atoms with van der Waals surface area (Å²) < 4.78 is 0. The molecular formula is C13H24N2S. The summed E-state index contributed by atoms with van der Waals surface area (Å²) in [6, 6.07) is 1.67. The number of nitrogens with zero attached hydrogens (tertiary/aromatic N) is 1. The van der Waals surface area contributed by atoms with Gasteiger partial charge >= 0.3 is 0 Å². The maximum atomic E-state index is 3.97. The van der Waals surface area contributed by atoms with Crippen molar-refractivity contribution in [2.45, 2.75) is 49.4 Å². The van der Waals surface area contributed by atoms with Gasteiger partial charge in [0.1, 0.15) is 0 Å². The van der Waals surface area contributed by atoms with Crippen LogP contribution in [0.1, 0.15) is 32.1 Å². The van der Waals surface area contributed by atoms with Gasteiger partial charge in [0.2, 0.25) is 0 Å². The minimum Gasteiger partial charge on any atom is -0.311 e. The van der Waals surface area contributed by atoms with Gasteiger partial charge in [0, 0.05) is 23.9 Å². The van der Waals surface area contributed by atoms with Crippen molar-refractivity contribution >= 4 is 11.8 Å². The van der Waals surface area contributed by atoms with E-state index in [2.05, 4.69) is 28.2 Å². The highest BCUT2D eigenvalue weighted by Crippen LogP contribution is 2.32. The normalized spacial score (nSPS) is 47.4. The van der Waals surface area contributed by atoms with Gasteiger partial charge in [-0.25, -0.2) is 0 Å². The second-order valence-electron chi connectivity index (χ2n) is 5.78. The number of fused-ring (bicyclic) bond motifs is 2. The van der Waals surface area contributed by atoms with E-state index in [4.69, 9.17) is 0 Å². The molecule has 0 aromatic heterocycles. The van der Waals surface area contributed by atoms with Crippen LogP contribution in [0.3, 0.4) is 0 Å². The molecule has 3 aliphatic rings. The van der Waals surface area contributed by atoms with Crippen LogP contribution in [0, 0.1) is 5.92 Å². The number of hydrogen-bond donors (Lipinski definition) is 1. The summed E-state index contributed by atoms with van der Waals surface area (Å²) in [5.74, 6) is 0.960. The Labute approximate surface area is 104 Å². The standard InChI is InChI=1S/C13H24N2S/c1-16-12-3-2-11(8-12)14-13-5-7-15-6-4-10(13)9-15/h10-14H,2-9H2,1H3. The molecule has 1 saturated carbocycles. The highest BCUT2D eigenvalue weighted by Gasteiger charge is 2.36. The molecule has 2 nitrogen and oxygen atoms in total. The largest absolute Gasteiger partial charge is 0.311 e. The fraction of sp³-hybridized carbons (Fsp3) is 1.00. The van der Waals surface area contributed by atoms with Gasteiger partial charge in [-0.1, -0.05) is 0 Å². The molecule has 92 valence electrons. The van der Waals surface area contributed by atoms with E-state index in [-0.39, 0.29) is 0 Å². The Kier molecular flexibility index (Phi) is 3.46. The molecule has 3 fully saturated rings. The fourth-order valence-corrected chi connectivity index (χ4v) is 4.58. The number of thioether (sulfide) groups is 1. The van der Waals surface area contributed by atoms with E-state index in [9.17, 15) is 0 Å². The topological polar surface area (TPSA) is 15.3 Å². The summed E-state index contributed by atoms with van der Waals surface area (Å²) in [5.41, 5.74) is 0. The first-order valence-corrected chi connectivity index (χ1v) is 8.15. The summed E-state index contributed by atoms with van der Waals surface area (Å²) >= 11 is 2.06. The van der Waals surface area contributed by atoms with Crippen molar-refractivity contribution in [3.63, 3.8) is 0 Å². The van der Waals surface area contributed by atoms with Crippen LogP contribution in [-0.4, -0.2) is 48.1 Å². The zero-order valence-electron chi connectivity index (χ0n) is 10.3. The average Bonchev–Trinajstić information content (AvgIpc) is 2.89. The fourth-order valence-electron chi connectivity index (χ4n) is 3.78. The van der Waals surface area contributed by atoms with Crippen LogP contribution in [0.2, 0.25) is 0 Å². The average molecular weight is 240 g/mol. The summed E-state index contributed by atoms with van der Waals surface area (Å²) in [7, 11) is 0.